The maximum absolute atomic E-state index is 13.0. The molecule has 3 N–H and O–H groups in total. The van der Waals surface area contributed by atoms with Gasteiger partial charge in [-0.05, 0) is 62.6 Å². The van der Waals surface area contributed by atoms with Crippen molar-refractivity contribution >= 4 is 34.2 Å². The molecule has 4 aromatic rings. The van der Waals surface area contributed by atoms with Gasteiger partial charge in [0.2, 0.25) is 0 Å². The Labute approximate surface area is 232 Å². The second kappa shape index (κ2) is 10.4. The molecule has 0 saturated heterocycles. The molecule has 2 aliphatic rings. The van der Waals surface area contributed by atoms with Crippen LogP contribution < -0.4 is 15.4 Å². The van der Waals surface area contributed by atoms with Crippen molar-refractivity contribution in [1.29, 1.82) is 0 Å². The molecule has 1 aromatic carbocycles. The number of benzene rings is 1. The first-order valence-electron chi connectivity index (χ1n) is 13.8. The highest BCUT2D eigenvalue weighted by Gasteiger charge is 2.28. The summed E-state index contributed by atoms with van der Waals surface area (Å²) in [4.78, 5) is 35.7. The number of fused-ring (bicyclic) bond motifs is 1. The highest BCUT2D eigenvalue weighted by atomic mass is 16.6. The number of nitrogens with one attached hydrogen (secondary N) is 3. The van der Waals surface area contributed by atoms with Crippen LogP contribution in [-0.4, -0.2) is 61.8 Å². The van der Waals surface area contributed by atoms with Crippen LogP contribution in [0.4, 0.5) is 10.6 Å². The third-order valence-corrected chi connectivity index (χ3v) is 7.26. The summed E-state index contributed by atoms with van der Waals surface area (Å²) in [7, 11) is 0. The first-order chi connectivity index (χ1) is 19.2. The van der Waals surface area contributed by atoms with Crippen molar-refractivity contribution < 1.29 is 19.1 Å². The number of anilines is 1. The van der Waals surface area contributed by atoms with Crippen LogP contribution in [0.2, 0.25) is 0 Å². The van der Waals surface area contributed by atoms with E-state index in [2.05, 4.69) is 31.8 Å². The molecule has 1 aliphatic heterocycles. The molecule has 1 aliphatic carbocycles. The number of nitrogens with zero attached hydrogens (tertiary/aromatic N) is 4. The van der Waals surface area contributed by atoms with Gasteiger partial charge in [-0.3, -0.25) is 4.79 Å². The number of H-pyrrole nitrogens is 1. The van der Waals surface area contributed by atoms with Gasteiger partial charge in [0.05, 0.1) is 25.5 Å². The van der Waals surface area contributed by atoms with Crippen LogP contribution in [0.3, 0.4) is 0 Å². The zero-order valence-corrected chi connectivity index (χ0v) is 23.1. The zero-order chi connectivity index (χ0) is 27.9. The summed E-state index contributed by atoms with van der Waals surface area (Å²) in [6.07, 6.45) is 6.48. The fraction of sp³-hybridized carbons (Fsp3) is 0.448. The van der Waals surface area contributed by atoms with Crippen LogP contribution >= 0.6 is 0 Å². The van der Waals surface area contributed by atoms with Crippen LogP contribution in [-0.2, 0) is 17.8 Å². The molecular formula is C29H35N7O4. The van der Waals surface area contributed by atoms with Crippen LogP contribution in [0.5, 0.6) is 5.75 Å². The van der Waals surface area contributed by atoms with Gasteiger partial charge >= 0.3 is 6.09 Å². The molecule has 0 radical (unpaired) electrons. The number of rotatable bonds is 7. The summed E-state index contributed by atoms with van der Waals surface area (Å²) < 4.78 is 13.0. The van der Waals surface area contributed by atoms with E-state index < -0.39 is 5.60 Å². The molecule has 3 aromatic heterocycles. The average Bonchev–Trinajstić information content (AvgIpc) is 3.41. The van der Waals surface area contributed by atoms with E-state index in [0.29, 0.717) is 50.3 Å². The lowest BCUT2D eigenvalue weighted by Gasteiger charge is -2.33. The number of amides is 2. The van der Waals surface area contributed by atoms with Gasteiger partial charge in [0.15, 0.2) is 17.1 Å². The molecule has 210 valence electrons. The molecule has 1 fully saturated rings. The van der Waals surface area contributed by atoms with Gasteiger partial charge < -0.3 is 30.0 Å². The molecule has 40 heavy (non-hydrogen) atoms. The SMILES string of the molecule is CC(C)(C)OC(=O)N(Cc1cc2ccc(CNC(=O)c3cn4ncc5c4c(n3)NCCO5)cc2[nH]1)CC1CCC1. The topological polar surface area (TPSA) is 126 Å². The minimum Gasteiger partial charge on any atom is -0.488 e. The molecule has 0 atom stereocenters. The van der Waals surface area contributed by atoms with E-state index in [9.17, 15) is 9.59 Å². The first kappa shape index (κ1) is 26.0. The fourth-order valence-corrected chi connectivity index (χ4v) is 5.08. The van der Waals surface area contributed by atoms with E-state index in [0.717, 1.165) is 40.5 Å². The van der Waals surface area contributed by atoms with E-state index >= 15 is 0 Å². The van der Waals surface area contributed by atoms with Crippen molar-refractivity contribution in [3.63, 3.8) is 0 Å². The second-order valence-electron chi connectivity index (χ2n) is 11.6. The van der Waals surface area contributed by atoms with Gasteiger partial charge in [0, 0.05) is 24.3 Å². The zero-order valence-electron chi connectivity index (χ0n) is 23.1. The molecule has 4 heterocycles. The molecular weight excluding hydrogens is 510 g/mol. The monoisotopic (exact) mass is 545 g/mol. The highest BCUT2D eigenvalue weighted by molar-refractivity contribution is 5.93. The van der Waals surface area contributed by atoms with Gasteiger partial charge in [-0.2, -0.15) is 5.10 Å². The summed E-state index contributed by atoms with van der Waals surface area (Å²) in [5, 5.41) is 11.5. The molecule has 0 unspecified atom stereocenters. The number of hydrogen-bond acceptors (Lipinski definition) is 7. The summed E-state index contributed by atoms with van der Waals surface area (Å²) >= 11 is 0. The molecule has 0 spiro atoms. The minimum absolute atomic E-state index is 0.267. The molecule has 0 bridgehead atoms. The number of aromatic amines is 1. The van der Waals surface area contributed by atoms with Crippen molar-refractivity contribution in [2.45, 2.75) is 58.7 Å². The number of hydrogen-bond donors (Lipinski definition) is 3. The standard InChI is InChI=1S/C29H35N7O4/c1-29(2,3)40-28(38)35(15-18-5-4-6-18)16-21-12-20-8-7-19(11-22(20)33-21)13-31-27(37)23-17-36-25-24(14-32-36)39-10-9-30-26(25)34-23/h7-8,11-12,14,17-18,33H,4-6,9-10,13,15-16H2,1-3H3,(H,30,34)(H,31,37). The average molecular weight is 546 g/mol. The van der Waals surface area contributed by atoms with Gasteiger partial charge in [0.1, 0.15) is 17.9 Å². The van der Waals surface area contributed by atoms with Crippen molar-refractivity contribution in [1.82, 2.24) is 29.8 Å². The summed E-state index contributed by atoms with van der Waals surface area (Å²) in [5.74, 6) is 1.47. The lowest BCUT2D eigenvalue weighted by atomic mass is 9.85. The lowest BCUT2D eigenvalue weighted by Crippen LogP contribution is -2.40. The Morgan fingerprint density at radius 3 is 2.88 bits per heavy atom. The second-order valence-corrected chi connectivity index (χ2v) is 11.6. The third kappa shape index (κ3) is 5.54. The molecule has 1 saturated carbocycles. The Morgan fingerprint density at radius 1 is 1.25 bits per heavy atom. The van der Waals surface area contributed by atoms with Crippen LogP contribution in [0.1, 0.15) is 61.8 Å². The Balaban J connectivity index is 1.14. The highest BCUT2D eigenvalue weighted by Crippen LogP contribution is 2.29. The lowest BCUT2D eigenvalue weighted by molar-refractivity contribution is 0.0171. The van der Waals surface area contributed by atoms with Crippen molar-refractivity contribution in [2.75, 3.05) is 25.0 Å². The van der Waals surface area contributed by atoms with Crippen LogP contribution in [0.25, 0.3) is 16.4 Å². The molecule has 6 rings (SSSR count). The van der Waals surface area contributed by atoms with E-state index in [1.54, 1.807) is 16.9 Å². The molecule has 11 heteroatoms. The van der Waals surface area contributed by atoms with Crippen molar-refractivity contribution in [2.24, 2.45) is 5.92 Å². The number of carbonyl (C=O) groups is 2. The van der Waals surface area contributed by atoms with Crippen LogP contribution in [0, 0.1) is 5.92 Å². The van der Waals surface area contributed by atoms with Crippen molar-refractivity contribution in [3.05, 3.63) is 53.6 Å². The molecule has 2 amide bonds. The van der Waals surface area contributed by atoms with E-state index in [1.165, 1.54) is 6.42 Å². The first-order valence-corrected chi connectivity index (χ1v) is 13.8. The number of ether oxygens (including phenoxy) is 2. The normalized spacial score (nSPS) is 15.2. The smallest absolute Gasteiger partial charge is 0.410 e. The van der Waals surface area contributed by atoms with Crippen LogP contribution in [0.15, 0.2) is 36.7 Å². The number of aromatic nitrogens is 4. The third-order valence-electron chi connectivity index (χ3n) is 7.26. The maximum Gasteiger partial charge on any atom is 0.410 e. The fourth-order valence-electron chi connectivity index (χ4n) is 5.08. The maximum atomic E-state index is 13.0. The Kier molecular flexibility index (Phi) is 6.73. The largest absolute Gasteiger partial charge is 0.488 e. The summed E-state index contributed by atoms with van der Waals surface area (Å²) in [6, 6.07) is 8.10. The summed E-state index contributed by atoms with van der Waals surface area (Å²) in [5.41, 5.74) is 3.28. The summed E-state index contributed by atoms with van der Waals surface area (Å²) in [6.45, 7) is 8.26. The minimum atomic E-state index is -0.543. The van der Waals surface area contributed by atoms with Gasteiger partial charge in [-0.1, -0.05) is 18.6 Å². The number of carbonyl (C=O) groups excluding carboxylic acids is 2. The van der Waals surface area contributed by atoms with Gasteiger partial charge in [0.25, 0.3) is 5.91 Å². The predicted molar refractivity (Wildman–Crippen MR) is 150 cm³/mol. The van der Waals surface area contributed by atoms with Gasteiger partial charge in [-0.25, -0.2) is 14.3 Å². The quantitative estimate of drug-likeness (QED) is 0.313. The predicted octanol–water partition coefficient (Wildman–Crippen LogP) is 4.48. The Morgan fingerprint density at radius 2 is 2.10 bits per heavy atom. The Hall–Kier alpha value is -4.28. The Bertz CT molecular complexity index is 1560. The van der Waals surface area contributed by atoms with E-state index in [1.807, 2.05) is 43.9 Å². The van der Waals surface area contributed by atoms with Gasteiger partial charge in [-0.15, -0.1) is 0 Å². The van der Waals surface area contributed by atoms with E-state index in [4.69, 9.17) is 9.47 Å². The van der Waals surface area contributed by atoms with Crippen molar-refractivity contribution in [3.8, 4) is 5.75 Å². The van der Waals surface area contributed by atoms with E-state index in [-0.39, 0.29) is 17.7 Å². The molecule has 11 nitrogen and oxygen atoms in total.